The normalized spacial score (nSPS) is 10.3. The highest BCUT2D eigenvalue weighted by molar-refractivity contribution is 5.91. The zero-order valence-corrected chi connectivity index (χ0v) is 13.9. The second kappa shape index (κ2) is 8.24. The Kier molecular flexibility index (Phi) is 6.07. The van der Waals surface area contributed by atoms with Crippen LogP contribution in [0.2, 0.25) is 0 Å². The van der Waals surface area contributed by atoms with Crippen LogP contribution in [-0.2, 0) is 16.0 Å². The number of halogens is 1. The maximum absolute atomic E-state index is 13.3. The summed E-state index contributed by atoms with van der Waals surface area (Å²) in [6.07, 6.45) is 0.292. The minimum absolute atomic E-state index is 0.110. The van der Waals surface area contributed by atoms with Gasteiger partial charge < -0.3 is 10.2 Å². The number of aryl methyl sites for hydroxylation is 1. The Bertz CT molecular complexity index is 714. The summed E-state index contributed by atoms with van der Waals surface area (Å²) in [5.74, 6) is -0.711. The van der Waals surface area contributed by atoms with E-state index in [0.29, 0.717) is 25.2 Å². The monoisotopic (exact) mass is 328 g/mol. The molecule has 0 aromatic heterocycles. The van der Waals surface area contributed by atoms with Gasteiger partial charge in [-0.2, -0.15) is 0 Å². The number of rotatable bonds is 6. The predicted octanol–water partition coefficient (Wildman–Crippen LogP) is 2.85. The first-order valence-corrected chi connectivity index (χ1v) is 7.81. The fraction of sp³-hybridized carbons (Fsp3) is 0.263. The van der Waals surface area contributed by atoms with Crippen LogP contribution in [0.1, 0.15) is 18.1 Å². The van der Waals surface area contributed by atoms with E-state index in [0.717, 1.165) is 11.1 Å². The average Bonchev–Trinajstić information content (AvgIpc) is 2.53. The van der Waals surface area contributed by atoms with Gasteiger partial charge in [0.2, 0.25) is 11.8 Å². The maximum atomic E-state index is 13.3. The molecule has 0 saturated heterocycles. The summed E-state index contributed by atoms with van der Waals surface area (Å²) in [5.41, 5.74) is 2.56. The standard InChI is InChI=1S/C19H21FN2O2/c1-14-6-8-16(9-7-14)12-19(24)21-10-11-22(15(2)23)18-5-3-4-17(20)13-18/h3-9,13H,10-12H2,1-2H3,(H,21,24). The number of hydrogen-bond acceptors (Lipinski definition) is 2. The topological polar surface area (TPSA) is 49.4 Å². The molecule has 1 N–H and O–H groups in total. The molecule has 0 radical (unpaired) electrons. The molecule has 2 amide bonds. The fourth-order valence-corrected chi connectivity index (χ4v) is 2.37. The molecule has 0 aliphatic rings. The van der Waals surface area contributed by atoms with Crippen LogP contribution >= 0.6 is 0 Å². The SMILES string of the molecule is CC(=O)N(CCNC(=O)Cc1ccc(C)cc1)c1cccc(F)c1. The fourth-order valence-electron chi connectivity index (χ4n) is 2.37. The zero-order chi connectivity index (χ0) is 17.5. The van der Waals surface area contributed by atoms with Gasteiger partial charge in [-0.3, -0.25) is 9.59 Å². The van der Waals surface area contributed by atoms with Gasteiger partial charge in [-0.05, 0) is 30.7 Å². The van der Waals surface area contributed by atoms with Crippen molar-refractivity contribution in [1.82, 2.24) is 5.32 Å². The number of carbonyl (C=O) groups is 2. The molecular weight excluding hydrogens is 307 g/mol. The summed E-state index contributed by atoms with van der Waals surface area (Å²) < 4.78 is 13.3. The van der Waals surface area contributed by atoms with E-state index in [4.69, 9.17) is 0 Å². The van der Waals surface area contributed by atoms with Crippen molar-refractivity contribution in [2.45, 2.75) is 20.3 Å². The van der Waals surface area contributed by atoms with Gasteiger partial charge in [-0.1, -0.05) is 35.9 Å². The summed E-state index contributed by atoms with van der Waals surface area (Å²) in [7, 11) is 0. The molecule has 0 saturated carbocycles. The van der Waals surface area contributed by atoms with Crippen LogP contribution in [0, 0.1) is 12.7 Å². The molecule has 0 spiro atoms. The molecule has 0 bridgehead atoms. The first-order chi connectivity index (χ1) is 11.5. The van der Waals surface area contributed by atoms with Gasteiger partial charge in [0.15, 0.2) is 0 Å². The number of amides is 2. The smallest absolute Gasteiger partial charge is 0.224 e. The lowest BCUT2D eigenvalue weighted by Gasteiger charge is -2.21. The predicted molar refractivity (Wildman–Crippen MR) is 92.3 cm³/mol. The molecule has 0 heterocycles. The van der Waals surface area contributed by atoms with Crippen molar-refractivity contribution in [2.75, 3.05) is 18.0 Å². The highest BCUT2D eigenvalue weighted by Crippen LogP contribution is 2.15. The second-order valence-electron chi connectivity index (χ2n) is 5.66. The van der Waals surface area contributed by atoms with Gasteiger partial charge >= 0.3 is 0 Å². The molecule has 126 valence electrons. The summed E-state index contributed by atoms with van der Waals surface area (Å²) in [5, 5.41) is 2.79. The first kappa shape index (κ1) is 17.7. The molecule has 0 fully saturated rings. The summed E-state index contributed by atoms with van der Waals surface area (Å²) >= 11 is 0. The Morgan fingerprint density at radius 2 is 1.83 bits per heavy atom. The molecule has 0 atom stereocenters. The van der Waals surface area contributed by atoms with Crippen LogP contribution in [0.4, 0.5) is 10.1 Å². The molecule has 4 nitrogen and oxygen atoms in total. The number of nitrogens with one attached hydrogen (secondary N) is 1. The van der Waals surface area contributed by atoms with E-state index in [1.165, 1.54) is 24.0 Å². The third kappa shape index (κ3) is 5.19. The van der Waals surface area contributed by atoms with Crippen LogP contribution in [0.5, 0.6) is 0 Å². The lowest BCUT2D eigenvalue weighted by Crippen LogP contribution is -2.38. The van der Waals surface area contributed by atoms with Crippen molar-refractivity contribution in [2.24, 2.45) is 0 Å². The van der Waals surface area contributed by atoms with E-state index >= 15 is 0 Å². The van der Waals surface area contributed by atoms with E-state index in [-0.39, 0.29) is 11.8 Å². The van der Waals surface area contributed by atoms with E-state index in [9.17, 15) is 14.0 Å². The van der Waals surface area contributed by atoms with Crippen LogP contribution in [0.15, 0.2) is 48.5 Å². The van der Waals surface area contributed by atoms with E-state index < -0.39 is 5.82 Å². The van der Waals surface area contributed by atoms with E-state index in [1.54, 1.807) is 12.1 Å². The lowest BCUT2D eigenvalue weighted by molar-refractivity contribution is -0.121. The third-order valence-electron chi connectivity index (χ3n) is 3.64. The van der Waals surface area contributed by atoms with Gasteiger partial charge in [0, 0.05) is 25.7 Å². The largest absolute Gasteiger partial charge is 0.354 e. The van der Waals surface area contributed by atoms with E-state index in [1.807, 2.05) is 31.2 Å². The van der Waals surface area contributed by atoms with Gasteiger partial charge in [0.05, 0.1) is 6.42 Å². The quantitative estimate of drug-likeness (QED) is 0.886. The molecule has 0 aliphatic carbocycles. The van der Waals surface area contributed by atoms with Crippen LogP contribution in [-0.4, -0.2) is 24.9 Å². The Balaban J connectivity index is 1.87. The zero-order valence-electron chi connectivity index (χ0n) is 13.9. The van der Waals surface area contributed by atoms with Gasteiger partial charge in [-0.15, -0.1) is 0 Å². The maximum Gasteiger partial charge on any atom is 0.224 e. The summed E-state index contributed by atoms with van der Waals surface area (Å²) in [6, 6.07) is 13.6. The van der Waals surface area contributed by atoms with E-state index in [2.05, 4.69) is 5.32 Å². The molecule has 5 heteroatoms. The molecule has 2 rings (SSSR count). The van der Waals surface area contributed by atoms with Crippen LogP contribution < -0.4 is 10.2 Å². The highest BCUT2D eigenvalue weighted by Gasteiger charge is 2.12. The summed E-state index contributed by atoms with van der Waals surface area (Å²) in [6.45, 7) is 4.00. The molecule has 24 heavy (non-hydrogen) atoms. The van der Waals surface area contributed by atoms with Crippen molar-refractivity contribution in [1.29, 1.82) is 0 Å². The molecule has 2 aromatic carbocycles. The minimum atomic E-state index is -0.401. The Morgan fingerprint density at radius 1 is 1.12 bits per heavy atom. The van der Waals surface area contributed by atoms with Crippen LogP contribution in [0.25, 0.3) is 0 Å². The van der Waals surface area contributed by atoms with Gasteiger partial charge in [0.1, 0.15) is 5.82 Å². The average molecular weight is 328 g/mol. The number of benzene rings is 2. The van der Waals surface area contributed by atoms with Gasteiger partial charge in [-0.25, -0.2) is 4.39 Å². The van der Waals surface area contributed by atoms with Gasteiger partial charge in [0.25, 0.3) is 0 Å². The van der Waals surface area contributed by atoms with Crippen molar-refractivity contribution < 1.29 is 14.0 Å². The minimum Gasteiger partial charge on any atom is -0.354 e. The molecular formula is C19H21FN2O2. The van der Waals surface area contributed by atoms with Crippen molar-refractivity contribution in [3.05, 3.63) is 65.5 Å². The second-order valence-corrected chi connectivity index (χ2v) is 5.66. The Labute approximate surface area is 141 Å². The molecule has 0 unspecified atom stereocenters. The van der Waals surface area contributed by atoms with Crippen LogP contribution in [0.3, 0.4) is 0 Å². The number of nitrogens with zero attached hydrogens (tertiary/aromatic N) is 1. The highest BCUT2D eigenvalue weighted by atomic mass is 19.1. The third-order valence-corrected chi connectivity index (χ3v) is 3.64. The molecule has 0 aliphatic heterocycles. The Hall–Kier alpha value is -2.69. The Morgan fingerprint density at radius 3 is 2.46 bits per heavy atom. The van der Waals surface area contributed by atoms with Crippen molar-refractivity contribution in [3.63, 3.8) is 0 Å². The number of hydrogen-bond donors (Lipinski definition) is 1. The van der Waals surface area contributed by atoms with Crippen molar-refractivity contribution >= 4 is 17.5 Å². The number of anilines is 1. The summed E-state index contributed by atoms with van der Waals surface area (Å²) in [4.78, 5) is 25.1. The first-order valence-electron chi connectivity index (χ1n) is 7.81. The van der Waals surface area contributed by atoms with Crippen molar-refractivity contribution in [3.8, 4) is 0 Å². The lowest BCUT2D eigenvalue weighted by atomic mass is 10.1. The number of carbonyl (C=O) groups excluding carboxylic acids is 2. The molecule has 2 aromatic rings.